The van der Waals surface area contributed by atoms with E-state index in [2.05, 4.69) is 4.90 Å². The van der Waals surface area contributed by atoms with Gasteiger partial charge in [0.1, 0.15) is 17.3 Å². The Balaban J connectivity index is 2.58. The first-order valence-corrected chi connectivity index (χ1v) is 6.45. The van der Waals surface area contributed by atoms with Crippen molar-refractivity contribution in [1.29, 1.82) is 0 Å². The number of hydrogen-bond acceptors (Lipinski definition) is 4. The lowest BCUT2D eigenvalue weighted by molar-refractivity contribution is -0.117. The van der Waals surface area contributed by atoms with E-state index in [4.69, 9.17) is 9.47 Å². The van der Waals surface area contributed by atoms with Crippen LogP contribution < -0.4 is 9.47 Å². The number of rotatable bonds is 8. The van der Waals surface area contributed by atoms with Gasteiger partial charge in [0.05, 0.1) is 14.2 Å². The molecule has 1 rings (SSSR count). The van der Waals surface area contributed by atoms with Gasteiger partial charge in [-0.15, -0.1) is 0 Å². The molecular formula is C15H23NO3. The highest BCUT2D eigenvalue weighted by atomic mass is 16.5. The first-order valence-electron chi connectivity index (χ1n) is 6.45. The van der Waals surface area contributed by atoms with Crippen LogP contribution in [-0.2, 0) is 11.3 Å². The van der Waals surface area contributed by atoms with Crippen molar-refractivity contribution in [2.75, 3.05) is 27.8 Å². The van der Waals surface area contributed by atoms with E-state index in [-0.39, 0.29) is 5.78 Å². The van der Waals surface area contributed by atoms with Crippen molar-refractivity contribution in [2.45, 2.75) is 26.3 Å². The molecule has 0 aliphatic heterocycles. The fourth-order valence-corrected chi connectivity index (χ4v) is 1.95. The molecular weight excluding hydrogens is 242 g/mol. The largest absolute Gasteiger partial charge is 0.497 e. The predicted octanol–water partition coefficient (Wildman–Crippen LogP) is 2.50. The zero-order chi connectivity index (χ0) is 14.3. The lowest BCUT2D eigenvalue weighted by Crippen LogP contribution is -2.20. The maximum atomic E-state index is 10.9. The molecule has 0 fully saturated rings. The normalized spacial score (nSPS) is 10.6. The van der Waals surface area contributed by atoms with Crippen LogP contribution in [0.15, 0.2) is 18.2 Å². The van der Waals surface area contributed by atoms with Gasteiger partial charge in [-0.05, 0) is 33.0 Å². The van der Waals surface area contributed by atoms with Gasteiger partial charge in [0, 0.05) is 24.6 Å². The summed E-state index contributed by atoms with van der Waals surface area (Å²) in [6.07, 6.45) is 1.54. The number of methoxy groups -OCH3 is 2. The molecule has 0 atom stereocenters. The number of carbonyl (C=O) groups excluding carboxylic acids is 1. The predicted molar refractivity (Wildman–Crippen MR) is 75.8 cm³/mol. The van der Waals surface area contributed by atoms with Gasteiger partial charge in [-0.1, -0.05) is 6.07 Å². The van der Waals surface area contributed by atoms with Crippen LogP contribution in [0.25, 0.3) is 0 Å². The van der Waals surface area contributed by atoms with Crippen LogP contribution in [-0.4, -0.2) is 38.5 Å². The summed E-state index contributed by atoms with van der Waals surface area (Å²) >= 11 is 0. The second kappa shape index (κ2) is 7.79. The molecule has 4 nitrogen and oxygen atoms in total. The Kier molecular flexibility index (Phi) is 6.36. The molecule has 4 heteroatoms. The lowest BCUT2D eigenvalue weighted by atomic mass is 10.1. The van der Waals surface area contributed by atoms with Crippen LogP contribution in [0, 0.1) is 0 Å². The minimum absolute atomic E-state index is 0.246. The van der Waals surface area contributed by atoms with E-state index >= 15 is 0 Å². The van der Waals surface area contributed by atoms with Gasteiger partial charge in [-0.25, -0.2) is 0 Å². The molecule has 0 heterocycles. The molecule has 1 aromatic rings. The van der Waals surface area contributed by atoms with Crippen LogP contribution in [0.2, 0.25) is 0 Å². The van der Waals surface area contributed by atoms with Gasteiger partial charge < -0.3 is 19.2 Å². The van der Waals surface area contributed by atoms with E-state index in [1.54, 1.807) is 21.1 Å². The summed E-state index contributed by atoms with van der Waals surface area (Å²) < 4.78 is 10.5. The molecule has 106 valence electrons. The molecule has 19 heavy (non-hydrogen) atoms. The Morgan fingerprint density at radius 2 is 2.00 bits per heavy atom. The van der Waals surface area contributed by atoms with Gasteiger partial charge in [0.15, 0.2) is 0 Å². The quantitative estimate of drug-likeness (QED) is 0.724. The third kappa shape index (κ3) is 5.30. The third-order valence-corrected chi connectivity index (χ3v) is 3.00. The fraction of sp³-hybridized carbons (Fsp3) is 0.533. The van der Waals surface area contributed by atoms with Gasteiger partial charge in [0.25, 0.3) is 0 Å². The van der Waals surface area contributed by atoms with Crippen molar-refractivity contribution < 1.29 is 14.3 Å². The summed E-state index contributed by atoms with van der Waals surface area (Å²) in [6.45, 7) is 3.33. The van der Waals surface area contributed by atoms with Crippen molar-refractivity contribution in [3.05, 3.63) is 23.8 Å². The minimum Gasteiger partial charge on any atom is -0.497 e. The molecule has 0 amide bonds. The lowest BCUT2D eigenvalue weighted by Gasteiger charge is -2.18. The topological polar surface area (TPSA) is 38.8 Å². The van der Waals surface area contributed by atoms with E-state index < -0.39 is 0 Å². The number of benzene rings is 1. The number of ketones is 1. The molecule has 0 aromatic heterocycles. The van der Waals surface area contributed by atoms with E-state index in [1.165, 1.54) is 0 Å². The Hall–Kier alpha value is -1.55. The first kappa shape index (κ1) is 15.5. The molecule has 0 saturated heterocycles. The van der Waals surface area contributed by atoms with Crippen molar-refractivity contribution in [2.24, 2.45) is 0 Å². The summed E-state index contributed by atoms with van der Waals surface area (Å²) in [5.41, 5.74) is 1.12. The van der Waals surface area contributed by atoms with Crippen LogP contribution in [0.1, 0.15) is 25.3 Å². The van der Waals surface area contributed by atoms with Crippen molar-refractivity contribution >= 4 is 5.78 Å². The van der Waals surface area contributed by atoms with Gasteiger partial charge in [0.2, 0.25) is 0 Å². The summed E-state index contributed by atoms with van der Waals surface area (Å²) in [7, 11) is 5.35. The molecule has 0 bridgehead atoms. The molecule has 0 saturated carbocycles. The summed E-state index contributed by atoms with van der Waals surface area (Å²) in [5.74, 6) is 1.87. The number of nitrogens with zero attached hydrogens (tertiary/aromatic N) is 1. The zero-order valence-electron chi connectivity index (χ0n) is 12.2. The molecule has 0 spiro atoms. The number of carbonyl (C=O) groups is 1. The first-order chi connectivity index (χ1) is 9.06. The van der Waals surface area contributed by atoms with Crippen LogP contribution in [0.4, 0.5) is 0 Å². The Bertz CT molecular complexity index is 418. The van der Waals surface area contributed by atoms with Crippen LogP contribution in [0.5, 0.6) is 11.5 Å². The average molecular weight is 265 g/mol. The molecule has 0 N–H and O–H groups in total. The Morgan fingerprint density at radius 1 is 1.26 bits per heavy atom. The zero-order valence-corrected chi connectivity index (χ0v) is 12.2. The smallest absolute Gasteiger partial charge is 0.129 e. The summed E-state index contributed by atoms with van der Waals surface area (Å²) in [6, 6.07) is 5.83. The monoisotopic (exact) mass is 265 g/mol. The number of ether oxygens (including phenoxy) is 2. The second-order valence-corrected chi connectivity index (χ2v) is 4.72. The van der Waals surface area contributed by atoms with E-state index in [1.807, 2.05) is 25.2 Å². The average Bonchev–Trinajstić information content (AvgIpc) is 2.38. The maximum Gasteiger partial charge on any atom is 0.129 e. The van der Waals surface area contributed by atoms with Crippen LogP contribution in [0.3, 0.4) is 0 Å². The highest BCUT2D eigenvalue weighted by Crippen LogP contribution is 2.25. The summed E-state index contributed by atoms with van der Waals surface area (Å²) in [4.78, 5) is 13.1. The second-order valence-electron chi connectivity index (χ2n) is 4.72. The highest BCUT2D eigenvalue weighted by Gasteiger charge is 2.08. The molecule has 0 radical (unpaired) electrons. The fourth-order valence-electron chi connectivity index (χ4n) is 1.95. The van der Waals surface area contributed by atoms with Crippen molar-refractivity contribution in [1.82, 2.24) is 4.90 Å². The minimum atomic E-state index is 0.246. The van der Waals surface area contributed by atoms with E-state index in [0.29, 0.717) is 6.42 Å². The Morgan fingerprint density at radius 3 is 2.58 bits per heavy atom. The number of hydrogen-bond donors (Lipinski definition) is 0. The summed E-state index contributed by atoms with van der Waals surface area (Å²) in [5, 5.41) is 0. The van der Waals surface area contributed by atoms with E-state index in [9.17, 15) is 4.79 Å². The SMILES string of the molecule is COc1ccc(CN(C)CCCC(C)=O)c(OC)c1. The van der Waals surface area contributed by atoms with E-state index in [0.717, 1.165) is 36.6 Å². The van der Waals surface area contributed by atoms with Crippen molar-refractivity contribution in [3.8, 4) is 11.5 Å². The van der Waals surface area contributed by atoms with Crippen LogP contribution >= 0.6 is 0 Å². The van der Waals surface area contributed by atoms with Crippen molar-refractivity contribution in [3.63, 3.8) is 0 Å². The Labute approximate surface area is 115 Å². The standard InChI is InChI=1S/C15H23NO3/c1-12(17)6-5-9-16(2)11-13-7-8-14(18-3)10-15(13)19-4/h7-8,10H,5-6,9,11H2,1-4H3. The van der Waals surface area contributed by atoms with Gasteiger partial charge >= 0.3 is 0 Å². The van der Waals surface area contributed by atoms with Gasteiger partial charge in [-0.3, -0.25) is 0 Å². The van der Waals surface area contributed by atoms with Gasteiger partial charge in [-0.2, -0.15) is 0 Å². The molecule has 0 unspecified atom stereocenters. The maximum absolute atomic E-state index is 10.9. The molecule has 0 aliphatic carbocycles. The highest BCUT2D eigenvalue weighted by molar-refractivity contribution is 5.75. The third-order valence-electron chi connectivity index (χ3n) is 3.00. The molecule has 0 aliphatic rings. The molecule has 1 aromatic carbocycles. The number of Topliss-reactive ketones (excluding diaryl/α,β-unsaturated/α-hetero) is 1.